The van der Waals surface area contributed by atoms with E-state index in [1.807, 2.05) is 0 Å². The van der Waals surface area contributed by atoms with Crippen LogP contribution < -0.4 is 10.5 Å². The second-order valence-corrected chi connectivity index (χ2v) is 5.59. The maximum absolute atomic E-state index is 11.1. The van der Waals surface area contributed by atoms with E-state index in [1.165, 1.54) is 12.4 Å². The summed E-state index contributed by atoms with van der Waals surface area (Å²) >= 11 is 0. The Morgan fingerprint density at radius 3 is 2.91 bits per heavy atom. The van der Waals surface area contributed by atoms with Gasteiger partial charge in [0.2, 0.25) is 17.5 Å². The van der Waals surface area contributed by atoms with Gasteiger partial charge >= 0.3 is 0 Å². The Morgan fingerprint density at radius 1 is 1.57 bits per heavy atom. The van der Waals surface area contributed by atoms with Crippen LogP contribution in [-0.4, -0.2) is 38.2 Å². The van der Waals surface area contributed by atoms with Crippen molar-refractivity contribution >= 4 is 16.9 Å². The maximum Gasteiger partial charge on any atom is 0.247 e. The molecule has 8 heteroatoms. The van der Waals surface area contributed by atoms with Crippen molar-refractivity contribution in [3.05, 3.63) is 41.3 Å². The molecule has 8 nitrogen and oxygen atoms in total. The molecule has 4 N–H and O–H groups in total. The number of fused-ring (bicyclic) bond motifs is 1. The van der Waals surface area contributed by atoms with Crippen LogP contribution in [0.15, 0.2) is 24.3 Å². The van der Waals surface area contributed by atoms with Crippen molar-refractivity contribution < 1.29 is 14.6 Å². The molecule has 0 aliphatic heterocycles. The zero-order chi connectivity index (χ0) is 17.0. The fourth-order valence-corrected chi connectivity index (χ4v) is 1.92. The first-order valence-corrected chi connectivity index (χ1v) is 6.85. The van der Waals surface area contributed by atoms with E-state index in [4.69, 9.17) is 17.0 Å². The number of H-pyrrole nitrogens is 1. The largest absolute Gasteiger partial charge is 0.474 e. The number of carbonyl (C=O) groups excluding carboxylic acids is 1. The van der Waals surface area contributed by atoms with Crippen LogP contribution in [0.5, 0.6) is 5.88 Å². The van der Waals surface area contributed by atoms with E-state index < -0.39 is 11.5 Å². The number of aliphatic hydroxyl groups is 1. The molecule has 0 spiro atoms. The van der Waals surface area contributed by atoms with Gasteiger partial charge in [0, 0.05) is 6.20 Å². The molecule has 0 fully saturated rings. The van der Waals surface area contributed by atoms with Gasteiger partial charge in [0.05, 0.1) is 17.6 Å². The van der Waals surface area contributed by atoms with Crippen molar-refractivity contribution in [3.63, 3.8) is 0 Å². The quantitative estimate of drug-likeness (QED) is 0.541. The third kappa shape index (κ3) is 4.05. The zero-order valence-electron chi connectivity index (χ0n) is 12.8. The highest BCUT2D eigenvalue weighted by Gasteiger charge is 2.17. The summed E-state index contributed by atoms with van der Waals surface area (Å²) in [6.45, 7) is 10.2. The van der Waals surface area contributed by atoms with Gasteiger partial charge in [-0.15, -0.1) is 0 Å². The second kappa shape index (κ2) is 6.46. The minimum absolute atomic E-state index is 0.0637. The topological polar surface area (TPSA) is 118 Å². The summed E-state index contributed by atoms with van der Waals surface area (Å²) in [7, 11) is 0. The number of carbonyl (C=O) groups is 1. The highest BCUT2D eigenvalue weighted by atomic mass is 16.5. The molecule has 23 heavy (non-hydrogen) atoms. The summed E-state index contributed by atoms with van der Waals surface area (Å²) < 4.78 is 5.57. The summed E-state index contributed by atoms with van der Waals surface area (Å²) in [5, 5.41) is 10.4. The third-order valence-corrected chi connectivity index (χ3v) is 2.97. The Bertz CT molecular complexity index is 796. The number of aromatic amines is 1. The van der Waals surface area contributed by atoms with Crippen molar-refractivity contribution in [1.29, 1.82) is 0 Å². The van der Waals surface area contributed by atoms with Gasteiger partial charge in [-0.3, -0.25) is 4.79 Å². The Kier molecular flexibility index (Phi) is 4.62. The van der Waals surface area contributed by atoms with Crippen molar-refractivity contribution in [1.82, 2.24) is 15.0 Å². The van der Waals surface area contributed by atoms with E-state index in [-0.39, 0.29) is 12.3 Å². The molecular formula is C15H17N5O3. The number of amides is 1. The predicted octanol–water partition coefficient (Wildman–Crippen LogP) is 0.939. The lowest BCUT2D eigenvalue weighted by Gasteiger charge is -2.17. The molecule has 0 unspecified atom stereocenters. The van der Waals surface area contributed by atoms with Gasteiger partial charge in [0.1, 0.15) is 18.6 Å². The monoisotopic (exact) mass is 315 g/mol. The van der Waals surface area contributed by atoms with E-state index in [9.17, 15) is 9.90 Å². The van der Waals surface area contributed by atoms with Gasteiger partial charge in [0.25, 0.3) is 0 Å². The lowest BCUT2D eigenvalue weighted by atomic mass is 10.1. The number of nitrogens with zero attached hydrogens (tertiary/aromatic N) is 3. The van der Waals surface area contributed by atoms with E-state index in [0.717, 1.165) is 5.56 Å². The smallest absolute Gasteiger partial charge is 0.247 e. The molecule has 2 aromatic heterocycles. The molecule has 0 aliphatic rings. The number of nitrogens with two attached hydrogens (primary N) is 1. The third-order valence-electron chi connectivity index (χ3n) is 2.97. The SMILES string of the molecule is [C-]#[N+]/C(=C\Cc1c[nH]c2ncnc(OCC(C)(C)O)c12)C(N)=O. The average molecular weight is 315 g/mol. The minimum atomic E-state index is -1.00. The zero-order valence-corrected chi connectivity index (χ0v) is 12.8. The first kappa shape index (κ1) is 16.5. The van der Waals surface area contributed by atoms with Crippen molar-refractivity contribution in [3.8, 4) is 5.88 Å². The molecule has 120 valence electrons. The Labute approximate surface area is 132 Å². The summed E-state index contributed by atoms with van der Waals surface area (Å²) in [6, 6.07) is 0. The fourth-order valence-electron chi connectivity index (χ4n) is 1.92. The van der Waals surface area contributed by atoms with Crippen LogP contribution >= 0.6 is 0 Å². The fraction of sp³-hybridized carbons (Fsp3) is 0.333. The average Bonchev–Trinajstić information content (AvgIpc) is 2.88. The van der Waals surface area contributed by atoms with E-state index in [1.54, 1.807) is 20.0 Å². The number of allylic oxidation sites excluding steroid dienone is 1. The van der Waals surface area contributed by atoms with Gasteiger partial charge < -0.3 is 20.6 Å². The molecule has 0 saturated heterocycles. The number of hydrogen-bond donors (Lipinski definition) is 3. The van der Waals surface area contributed by atoms with Crippen LogP contribution in [0.2, 0.25) is 0 Å². The standard InChI is InChI=1S/C15H17N5O3/c1-15(2,22)7-23-14-11-9(4-5-10(17-3)12(16)21)6-18-13(11)19-8-20-14/h5-6,8,22H,4,7H2,1-2H3,(H2,16,21)(H,18,19,20)/b10-5-. The highest BCUT2D eigenvalue weighted by Crippen LogP contribution is 2.26. The molecule has 0 saturated carbocycles. The molecule has 0 aromatic carbocycles. The number of nitrogens with one attached hydrogen (secondary N) is 1. The molecule has 2 aromatic rings. The summed E-state index contributed by atoms with van der Waals surface area (Å²) in [6.07, 6.45) is 4.80. The minimum Gasteiger partial charge on any atom is -0.474 e. The van der Waals surface area contributed by atoms with Gasteiger partial charge in [-0.05, 0) is 25.8 Å². The molecule has 0 radical (unpaired) electrons. The lowest BCUT2D eigenvalue weighted by molar-refractivity contribution is -0.114. The molecule has 0 bridgehead atoms. The number of ether oxygens (including phenoxy) is 1. The van der Waals surface area contributed by atoms with E-state index in [2.05, 4.69) is 19.8 Å². The molecule has 2 rings (SSSR count). The summed E-state index contributed by atoms with van der Waals surface area (Å²) in [5.41, 5.74) is 5.31. The molecular weight excluding hydrogens is 298 g/mol. The predicted molar refractivity (Wildman–Crippen MR) is 83.3 cm³/mol. The van der Waals surface area contributed by atoms with Crippen LogP contribution in [0.3, 0.4) is 0 Å². The molecule has 2 heterocycles. The number of aromatic nitrogens is 3. The van der Waals surface area contributed by atoms with Crippen LogP contribution in [0, 0.1) is 6.57 Å². The van der Waals surface area contributed by atoms with Crippen LogP contribution in [0.1, 0.15) is 19.4 Å². The first-order chi connectivity index (χ1) is 10.8. The Balaban J connectivity index is 2.35. The maximum atomic E-state index is 11.1. The van der Waals surface area contributed by atoms with Gasteiger partial charge in [-0.1, -0.05) is 6.08 Å². The molecule has 0 atom stereocenters. The van der Waals surface area contributed by atoms with E-state index in [0.29, 0.717) is 23.3 Å². The van der Waals surface area contributed by atoms with Crippen LogP contribution in [-0.2, 0) is 11.2 Å². The Hall–Kier alpha value is -2.92. The summed E-state index contributed by atoms with van der Waals surface area (Å²) in [5.74, 6) is -0.445. The molecule has 0 aliphatic carbocycles. The van der Waals surface area contributed by atoms with E-state index >= 15 is 0 Å². The van der Waals surface area contributed by atoms with Crippen LogP contribution in [0.4, 0.5) is 0 Å². The highest BCUT2D eigenvalue weighted by molar-refractivity contribution is 5.94. The lowest BCUT2D eigenvalue weighted by Crippen LogP contribution is -2.28. The summed E-state index contributed by atoms with van der Waals surface area (Å²) in [4.78, 5) is 25.4. The van der Waals surface area contributed by atoms with Crippen LogP contribution in [0.25, 0.3) is 15.9 Å². The van der Waals surface area contributed by atoms with Crippen molar-refractivity contribution in [2.45, 2.75) is 25.9 Å². The van der Waals surface area contributed by atoms with Crippen molar-refractivity contribution in [2.24, 2.45) is 5.73 Å². The molecule has 1 amide bonds. The second-order valence-electron chi connectivity index (χ2n) is 5.59. The van der Waals surface area contributed by atoms with Crippen molar-refractivity contribution in [2.75, 3.05) is 6.61 Å². The van der Waals surface area contributed by atoms with Gasteiger partial charge in [-0.25, -0.2) is 14.8 Å². The van der Waals surface area contributed by atoms with Gasteiger partial charge in [0.15, 0.2) is 0 Å². The number of rotatable bonds is 6. The van der Waals surface area contributed by atoms with Gasteiger partial charge in [-0.2, -0.15) is 0 Å². The normalized spacial score (nSPS) is 12.2. The first-order valence-electron chi connectivity index (χ1n) is 6.85. The number of primary amides is 1. The Morgan fingerprint density at radius 2 is 2.30 bits per heavy atom. The number of hydrogen-bond acceptors (Lipinski definition) is 5.